The molecule has 1 aliphatic rings. The molecule has 0 spiro atoms. The number of alkyl halides is 3. The van der Waals surface area contributed by atoms with Gasteiger partial charge in [-0.1, -0.05) is 20.3 Å². The van der Waals surface area contributed by atoms with Gasteiger partial charge in [0.25, 0.3) is 0 Å². The summed E-state index contributed by atoms with van der Waals surface area (Å²) in [5, 5.41) is 11.6. The van der Waals surface area contributed by atoms with E-state index >= 15 is 0 Å². The molecule has 1 aliphatic heterocycles. The van der Waals surface area contributed by atoms with Crippen molar-refractivity contribution in [3.63, 3.8) is 0 Å². The summed E-state index contributed by atoms with van der Waals surface area (Å²) >= 11 is 0. The van der Waals surface area contributed by atoms with Gasteiger partial charge in [-0.05, 0) is 19.3 Å². The third kappa shape index (κ3) is 4.78. The molecule has 22 heavy (non-hydrogen) atoms. The Kier molecular flexibility index (Phi) is 6.08. The quantitative estimate of drug-likeness (QED) is 0.817. The Balaban J connectivity index is 2.66. The highest BCUT2D eigenvalue weighted by molar-refractivity contribution is 5.78. The van der Waals surface area contributed by atoms with Gasteiger partial charge < -0.3 is 15.3 Å². The fourth-order valence-corrected chi connectivity index (χ4v) is 2.68. The predicted octanol–water partition coefficient (Wildman–Crippen LogP) is 2.72. The molecule has 0 aromatic carbocycles. The second kappa shape index (κ2) is 7.19. The summed E-state index contributed by atoms with van der Waals surface area (Å²) in [5.41, 5.74) is 0. The van der Waals surface area contributed by atoms with E-state index in [0.717, 1.165) is 17.7 Å². The summed E-state index contributed by atoms with van der Waals surface area (Å²) in [7, 11) is 0. The van der Waals surface area contributed by atoms with E-state index in [9.17, 15) is 22.8 Å². The van der Waals surface area contributed by atoms with Crippen LogP contribution in [0.25, 0.3) is 0 Å². The number of likely N-dealkylation sites (tertiary alicyclic amines) is 1. The molecule has 0 radical (unpaired) electrons. The van der Waals surface area contributed by atoms with Crippen molar-refractivity contribution in [2.45, 2.75) is 45.8 Å². The van der Waals surface area contributed by atoms with Crippen LogP contribution < -0.4 is 5.32 Å². The molecule has 1 fully saturated rings. The standard InChI is InChI=1S/C14H23F3N2O3/c1-4-8(2)5-9(3)18-13(22)19-6-10(12(20)21)11(7-19)14(15,16)17/h8-11H,4-7H2,1-3H3,(H,18,22)(H,20,21)/t8?,9?,10-,11-/m1/s1. The second-order valence-electron chi connectivity index (χ2n) is 6.10. The molecule has 1 saturated heterocycles. The first-order valence-electron chi connectivity index (χ1n) is 7.41. The highest BCUT2D eigenvalue weighted by atomic mass is 19.4. The number of hydrogen-bond acceptors (Lipinski definition) is 2. The van der Waals surface area contributed by atoms with Crippen LogP contribution >= 0.6 is 0 Å². The zero-order valence-corrected chi connectivity index (χ0v) is 13.0. The van der Waals surface area contributed by atoms with E-state index < -0.39 is 43.1 Å². The summed E-state index contributed by atoms with van der Waals surface area (Å²) in [6.07, 6.45) is -2.96. The molecule has 5 nitrogen and oxygen atoms in total. The number of nitrogens with zero attached hydrogens (tertiary/aromatic N) is 1. The molecule has 1 heterocycles. The van der Waals surface area contributed by atoms with Crippen molar-refractivity contribution < 1.29 is 27.9 Å². The van der Waals surface area contributed by atoms with E-state index in [2.05, 4.69) is 5.32 Å². The van der Waals surface area contributed by atoms with E-state index in [1.54, 1.807) is 6.92 Å². The number of nitrogens with one attached hydrogen (secondary N) is 1. The molecule has 0 aliphatic carbocycles. The molecule has 2 unspecified atom stereocenters. The van der Waals surface area contributed by atoms with Gasteiger partial charge in [-0.3, -0.25) is 4.79 Å². The van der Waals surface area contributed by atoms with E-state index in [0.29, 0.717) is 5.92 Å². The van der Waals surface area contributed by atoms with Crippen molar-refractivity contribution in [1.82, 2.24) is 10.2 Å². The Bertz CT molecular complexity index is 415. The van der Waals surface area contributed by atoms with Gasteiger partial charge in [0.2, 0.25) is 0 Å². The number of hydrogen-bond donors (Lipinski definition) is 2. The molecule has 1 rings (SSSR count). The largest absolute Gasteiger partial charge is 0.481 e. The number of carbonyl (C=O) groups excluding carboxylic acids is 1. The molecule has 0 aromatic rings. The van der Waals surface area contributed by atoms with Crippen LogP contribution in [-0.2, 0) is 4.79 Å². The summed E-state index contributed by atoms with van der Waals surface area (Å²) in [4.78, 5) is 23.9. The maximum atomic E-state index is 12.9. The lowest BCUT2D eigenvalue weighted by Gasteiger charge is -2.23. The number of carboxylic acid groups (broad SMARTS) is 1. The highest BCUT2D eigenvalue weighted by Crippen LogP contribution is 2.37. The van der Waals surface area contributed by atoms with E-state index in [1.807, 2.05) is 13.8 Å². The Morgan fingerprint density at radius 1 is 1.32 bits per heavy atom. The van der Waals surface area contributed by atoms with Crippen LogP contribution in [0.5, 0.6) is 0 Å². The minimum absolute atomic E-state index is 0.171. The second-order valence-corrected chi connectivity index (χ2v) is 6.10. The zero-order chi connectivity index (χ0) is 17.1. The van der Waals surface area contributed by atoms with Gasteiger partial charge in [-0.15, -0.1) is 0 Å². The SMILES string of the molecule is CCC(C)CC(C)NC(=O)N1C[C@@H](C(F)(F)F)[C@H](C(=O)O)C1. The van der Waals surface area contributed by atoms with Gasteiger partial charge in [0, 0.05) is 19.1 Å². The van der Waals surface area contributed by atoms with Gasteiger partial charge in [-0.25, -0.2) is 4.79 Å². The van der Waals surface area contributed by atoms with Gasteiger partial charge in [0.15, 0.2) is 0 Å². The maximum Gasteiger partial charge on any atom is 0.394 e. The molecule has 8 heteroatoms. The van der Waals surface area contributed by atoms with E-state index in [4.69, 9.17) is 5.11 Å². The van der Waals surface area contributed by atoms with Crippen molar-refractivity contribution in [3.05, 3.63) is 0 Å². The first-order valence-corrected chi connectivity index (χ1v) is 7.41. The Morgan fingerprint density at radius 3 is 2.32 bits per heavy atom. The molecule has 2 N–H and O–H groups in total. The molecule has 128 valence electrons. The molecule has 4 atom stereocenters. The molecule has 2 amide bonds. The molecular weight excluding hydrogens is 301 g/mol. The minimum Gasteiger partial charge on any atom is -0.481 e. The van der Waals surface area contributed by atoms with Crippen LogP contribution in [-0.4, -0.2) is 47.3 Å². The fourth-order valence-electron chi connectivity index (χ4n) is 2.68. The van der Waals surface area contributed by atoms with Gasteiger partial charge in [0.05, 0.1) is 11.8 Å². The summed E-state index contributed by atoms with van der Waals surface area (Å²) in [5.74, 6) is -4.75. The normalized spacial score (nSPS) is 24.9. The van der Waals surface area contributed by atoms with Crippen LogP contribution in [0.3, 0.4) is 0 Å². The Labute approximate surface area is 127 Å². The average Bonchev–Trinajstić information content (AvgIpc) is 2.83. The first-order chi connectivity index (χ1) is 10.1. The first kappa shape index (κ1) is 18.6. The Morgan fingerprint density at radius 2 is 1.91 bits per heavy atom. The van der Waals surface area contributed by atoms with Crippen LogP contribution in [0.1, 0.15) is 33.6 Å². The smallest absolute Gasteiger partial charge is 0.394 e. The van der Waals surface area contributed by atoms with Gasteiger partial charge >= 0.3 is 18.2 Å². The summed E-state index contributed by atoms with van der Waals surface area (Å²) in [6, 6.07) is -0.801. The third-order valence-corrected chi connectivity index (χ3v) is 4.17. The Hall–Kier alpha value is -1.47. The topological polar surface area (TPSA) is 69.6 Å². The molecular formula is C14H23F3N2O3. The van der Waals surface area contributed by atoms with Gasteiger partial charge in [-0.2, -0.15) is 13.2 Å². The number of halogens is 3. The number of amides is 2. The number of aliphatic carboxylic acids is 1. The maximum absolute atomic E-state index is 12.9. The lowest BCUT2D eigenvalue weighted by atomic mass is 9.96. The minimum atomic E-state index is -4.62. The molecule has 0 aromatic heterocycles. The number of carbonyl (C=O) groups is 2. The van der Waals surface area contributed by atoms with Crippen molar-refractivity contribution in [1.29, 1.82) is 0 Å². The summed E-state index contributed by atoms with van der Waals surface area (Å²) in [6.45, 7) is 4.81. The highest BCUT2D eigenvalue weighted by Gasteiger charge is 2.53. The van der Waals surface area contributed by atoms with Crippen molar-refractivity contribution >= 4 is 12.0 Å². The van der Waals surface area contributed by atoms with Crippen LogP contribution in [0, 0.1) is 17.8 Å². The lowest BCUT2D eigenvalue weighted by Crippen LogP contribution is -2.44. The number of urea groups is 1. The van der Waals surface area contributed by atoms with Crippen molar-refractivity contribution in [3.8, 4) is 0 Å². The number of carboxylic acids is 1. The fraction of sp³-hybridized carbons (Fsp3) is 0.857. The van der Waals surface area contributed by atoms with Crippen molar-refractivity contribution in [2.75, 3.05) is 13.1 Å². The lowest BCUT2D eigenvalue weighted by molar-refractivity contribution is -0.187. The third-order valence-electron chi connectivity index (χ3n) is 4.17. The molecule has 0 bridgehead atoms. The molecule has 0 saturated carbocycles. The number of rotatable bonds is 5. The van der Waals surface area contributed by atoms with Crippen LogP contribution in [0.4, 0.5) is 18.0 Å². The van der Waals surface area contributed by atoms with E-state index in [-0.39, 0.29) is 6.04 Å². The van der Waals surface area contributed by atoms with Crippen LogP contribution in [0.15, 0.2) is 0 Å². The zero-order valence-electron chi connectivity index (χ0n) is 13.0. The van der Waals surface area contributed by atoms with E-state index in [1.165, 1.54) is 0 Å². The van der Waals surface area contributed by atoms with Crippen LogP contribution in [0.2, 0.25) is 0 Å². The average molecular weight is 324 g/mol. The monoisotopic (exact) mass is 324 g/mol. The summed E-state index contributed by atoms with van der Waals surface area (Å²) < 4.78 is 38.6. The van der Waals surface area contributed by atoms with Crippen molar-refractivity contribution in [2.24, 2.45) is 17.8 Å². The van der Waals surface area contributed by atoms with Gasteiger partial charge in [0.1, 0.15) is 0 Å². The predicted molar refractivity (Wildman–Crippen MR) is 74.3 cm³/mol.